The number of hydrogen-bond acceptors (Lipinski definition) is 6. The zero-order valence-corrected chi connectivity index (χ0v) is 18.5. The summed E-state index contributed by atoms with van der Waals surface area (Å²) in [5, 5.41) is 11.4. The molecule has 170 valence electrons. The first-order chi connectivity index (χ1) is 15.8. The molecule has 4 aromatic rings. The van der Waals surface area contributed by atoms with Gasteiger partial charge in [0.15, 0.2) is 17.3 Å². The summed E-state index contributed by atoms with van der Waals surface area (Å²) in [5.74, 6) is -2.12. The van der Waals surface area contributed by atoms with Gasteiger partial charge in [-0.3, -0.25) is 10.1 Å². The number of carbonyl (C=O) groups excluding carboxylic acids is 1. The maximum Gasteiger partial charge on any atom is 0.280 e. The average molecular weight is 494 g/mol. The fourth-order valence-corrected chi connectivity index (χ4v) is 3.43. The molecule has 0 spiro atoms. The highest BCUT2D eigenvalue weighted by Gasteiger charge is 2.22. The van der Waals surface area contributed by atoms with Crippen LogP contribution in [0, 0.1) is 18.6 Å². The number of aryl methyl sites for hydroxylation is 1. The first-order valence-corrected chi connectivity index (χ1v) is 10.2. The molecule has 0 bridgehead atoms. The molecule has 0 radical (unpaired) electrons. The third-order valence-electron chi connectivity index (χ3n) is 4.61. The summed E-state index contributed by atoms with van der Waals surface area (Å²) in [5.41, 5.74) is 0.863. The van der Waals surface area contributed by atoms with Crippen molar-refractivity contribution in [1.82, 2.24) is 19.9 Å². The SMILES string of the molecule is Cc1onc(C(=O)Nc2ncn(Cc3c(Cl)cccc3Cl)n2)c1COc1ccc(F)cc1F. The monoisotopic (exact) mass is 493 g/mol. The Morgan fingerprint density at radius 1 is 1.18 bits per heavy atom. The normalized spacial score (nSPS) is 10.9. The van der Waals surface area contributed by atoms with Gasteiger partial charge >= 0.3 is 0 Å². The lowest BCUT2D eigenvalue weighted by Crippen LogP contribution is -2.16. The minimum absolute atomic E-state index is 0.0141. The van der Waals surface area contributed by atoms with E-state index >= 15 is 0 Å². The summed E-state index contributed by atoms with van der Waals surface area (Å²) in [6.45, 7) is 1.59. The topological polar surface area (TPSA) is 95.1 Å². The van der Waals surface area contributed by atoms with Gasteiger partial charge in [-0.25, -0.2) is 18.4 Å². The summed E-state index contributed by atoms with van der Waals surface area (Å²) in [6, 6.07) is 8.04. The molecule has 2 aromatic carbocycles. The lowest BCUT2D eigenvalue weighted by molar-refractivity contribution is 0.101. The smallest absolute Gasteiger partial charge is 0.280 e. The zero-order valence-electron chi connectivity index (χ0n) is 17.0. The number of anilines is 1. The van der Waals surface area contributed by atoms with Gasteiger partial charge in [0, 0.05) is 21.7 Å². The second-order valence-electron chi connectivity index (χ2n) is 6.85. The van der Waals surface area contributed by atoms with E-state index in [0.29, 0.717) is 33.0 Å². The molecule has 0 aliphatic heterocycles. The van der Waals surface area contributed by atoms with Crippen LogP contribution in [0.25, 0.3) is 0 Å². The maximum absolute atomic E-state index is 13.8. The van der Waals surface area contributed by atoms with Crippen LogP contribution in [0.2, 0.25) is 10.0 Å². The summed E-state index contributed by atoms with van der Waals surface area (Å²) in [7, 11) is 0. The Hall–Kier alpha value is -3.50. The molecule has 2 aromatic heterocycles. The second-order valence-corrected chi connectivity index (χ2v) is 7.66. The quantitative estimate of drug-likeness (QED) is 0.387. The number of nitrogens with zero attached hydrogens (tertiary/aromatic N) is 4. The molecule has 12 heteroatoms. The Morgan fingerprint density at radius 3 is 2.67 bits per heavy atom. The van der Waals surface area contributed by atoms with E-state index in [2.05, 4.69) is 20.6 Å². The molecular weight excluding hydrogens is 479 g/mol. The van der Waals surface area contributed by atoms with Gasteiger partial charge in [0.2, 0.25) is 5.95 Å². The summed E-state index contributed by atoms with van der Waals surface area (Å²) < 4.78 is 38.8. The molecular formula is C21H15Cl2F2N5O3. The van der Waals surface area contributed by atoms with E-state index in [1.807, 2.05) is 0 Å². The van der Waals surface area contributed by atoms with Crippen molar-refractivity contribution in [3.05, 3.63) is 87.0 Å². The predicted octanol–water partition coefficient (Wildman–Crippen LogP) is 5.04. The Balaban J connectivity index is 1.45. The van der Waals surface area contributed by atoms with Crippen LogP contribution < -0.4 is 10.1 Å². The van der Waals surface area contributed by atoms with Crippen molar-refractivity contribution in [2.45, 2.75) is 20.1 Å². The molecule has 0 unspecified atom stereocenters. The van der Waals surface area contributed by atoms with E-state index in [0.717, 1.165) is 12.1 Å². The molecule has 0 aliphatic rings. The summed E-state index contributed by atoms with van der Waals surface area (Å²) in [6.07, 6.45) is 1.41. The van der Waals surface area contributed by atoms with Crippen LogP contribution in [0.5, 0.6) is 5.75 Å². The number of aromatic nitrogens is 4. The first kappa shape index (κ1) is 22.7. The average Bonchev–Trinajstić information content (AvgIpc) is 3.36. The third-order valence-corrected chi connectivity index (χ3v) is 5.32. The molecule has 0 fully saturated rings. The number of hydrogen-bond donors (Lipinski definition) is 1. The fourth-order valence-electron chi connectivity index (χ4n) is 2.92. The molecule has 33 heavy (non-hydrogen) atoms. The number of ether oxygens (including phenoxy) is 1. The van der Waals surface area contributed by atoms with Crippen LogP contribution in [0.1, 0.15) is 27.4 Å². The Labute approximate surface area is 196 Å². The molecule has 1 N–H and O–H groups in total. The highest BCUT2D eigenvalue weighted by Crippen LogP contribution is 2.25. The predicted molar refractivity (Wildman–Crippen MR) is 115 cm³/mol. The number of halogens is 4. The minimum Gasteiger partial charge on any atom is -0.486 e. The molecule has 0 saturated carbocycles. The van der Waals surface area contributed by atoms with E-state index in [9.17, 15) is 13.6 Å². The van der Waals surface area contributed by atoms with Crippen molar-refractivity contribution in [2.24, 2.45) is 0 Å². The number of amides is 1. The van der Waals surface area contributed by atoms with E-state index in [1.165, 1.54) is 11.0 Å². The van der Waals surface area contributed by atoms with Gasteiger partial charge in [0.1, 0.15) is 24.5 Å². The zero-order chi connectivity index (χ0) is 23.5. The third kappa shape index (κ3) is 5.12. The molecule has 0 atom stereocenters. The van der Waals surface area contributed by atoms with Crippen LogP contribution in [-0.2, 0) is 13.2 Å². The van der Waals surface area contributed by atoms with Crippen molar-refractivity contribution in [3.63, 3.8) is 0 Å². The van der Waals surface area contributed by atoms with E-state index < -0.39 is 17.5 Å². The van der Waals surface area contributed by atoms with Crippen molar-refractivity contribution in [1.29, 1.82) is 0 Å². The van der Waals surface area contributed by atoms with Gasteiger partial charge in [-0.2, -0.15) is 0 Å². The first-order valence-electron chi connectivity index (χ1n) is 9.48. The Bertz CT molecular complexity index is 1300. The number of benzene rings is 2. The lowest BCUT2D eigenvalue weighted by Gasteiger charge is -2.07. The van der Waals surface area contributed by atoms with Crippen molar-refractivity contribution in [3.8, 4) is 5.75 Å². The fraction of sp³-hybridized carbons (Fsp3) is 0.143. The van der Waals surface area contributed by atoms with Crippen LogP contribution in [0.3, 0.4) is 0 Å². The van der Waals surface area contributed by atoms with Gasteiger partial charge in [-0.15, -0.1) is 5.10 Å². The van der Waals surface area contributed by atoms with E-state index in [4.69, 9.17) is 32.5 Å². The number of nitrogens with one attached hydrogen (secondary N) is 1. The number of carbonyl (C=O) groups is 1. The van der Waals surface area contributed by atoms with Crippen LogP contribution in [-0.4, -0.2) is 25.8 Å². The van der Waals surface area contributed by atoms with Gasteiger partial charge in [0.05, 0.1) is 12.1 Å². The second kappa shape index (κ2) is 9.55. The Kier molecular flexibility index (Phi) is 6.57. The molecule has 1 amide bonds. The van der Waals surface area contributed by atoms with Gasteiger partial charge in [-0.05, 0) is 31.2 Å². The highest BCUT2D eigenvalue weighted by atomic mass is 35.5. The minimum atomic E-state index is -0.872. The van der Waals surface area contributed by atoms with Crippen molar-refractivity contribution >= 4 is 35.1 Å². The van der Waals surface area contributed by atoms with Crippen LogP contribution in [0.4, 0.5) is 14.7 Å². The highest BCUT2D eigenvalue weighted by molar-refractivity contribution is 6.35. The molecule has 0 saturated heterocycles. The number of rotatable bonds is 7. The van der Waals surface area contributed by atoms with Crippen molar-refractivity contribution < 1.29 is 22.8 Å². The van der Waals surface area contributed by atoms with Crippen LogP contribution in [0.15, 0.2) is 47.2 Å². The van der Waals surface area contributed by atoms with E-state index in [1.54, 1.807) is 25.1 Å². The summed E-state index contributed by atoms with van der Waals surface area (Å²) >= 11 is 12.3. The largest absolute Gasteiger partial charge is 0.486 e. The summed E-state index contributed by atoms with van der Waals surface area (Å²) in [4.78, 5) is 16.7. The lowest BCUT2D eigenvalue weighted by atomic mass is 10.2. The molecule has 0 aliphatic carbocycles. The van der Waals surface area contributed by atoms with Crippen molar-refractivity contribution in [2.75, 3.05) is 5.32 Å². The Morgan fingerprint density at radius 2 is 1.94 bits per heavy atom. The molecule has 2 heterocycles. The van der Waals surface area contributed by atoms with Gasteiger partial charge < -0.3 is 9.26 Å². The molecule has 4 rings (SSSR count). The van der Waals surface area contributed by atoms with Gasteiger partial charge in [-0.1, -0.05) is 34.4 Å². The van der Waals surface area contributed by atoms with Crippen LogP contribution >= 0.6 is 23.2 Å². The van der Waals surface area contributed by atoms with E-state index in [-0.39, 0.29) is 30.5 Å². The molecule has 8 nitrogen and oxygen atoms in total. The maximum atomic E-state index is 13.8. The van der Waals surface area contributed by atoms with Gasteiger partial charge in [0.25, 0.3) is 5.91 Å². The standard InChI is InChI=1S/C21H15Cl2F2N5O3/c1-11-14(9-32-18-6-5-12(24)7-17(18)25)19(29-33-11)20(31)27-21-26-10-30(28-21)8-13-15(22)3-2-4-16(13)23/h2-7,10H,8-9H2,1H3,(H,27,28,31).